The minimum Gasteiger partial charge on any atom is -0.497 e. The number of hydrogen-bond donors (Lipinski definition) is 2. The smallest absolute Gasteiger partial charge is 0.244 e. The van der Waals surface area contributed by atoms with Crippen molar-refractivity contribution in [2.24, 2.45) is 5.10 Å². The molecule has 0 radical (unpaired) electrons. The summed E-state index contributed by atoms with van der Waals surface area (Å²) in [7, 11) is 1.57. The van der Waals surface area contributed by atoms with Gasteiger partial charge in [-0.1, -0.05) is 12.1 Å². The van der Waals surface area contributed by atoms with Crippen molar-refractivity contribution < 1.29 is 18.7 Å². The number of carbonyl (C=O) groups excluding carboxylic acids is 2. The molecule has 0 aliphatic heterocycles. The van der Waals surface area contributed by atoms with Crippen molar-refractivity contribution >= 4 is 23.2 Å². The number of ether oxygens (including phenoxy) is 1. The van der Waals surface area contributed by atoms with Gasteiger partial charge in [0.25, 0.3) is 0 Å². The minimum absolute atomic E-state index is 0.0141. The van der Waals surface area contributed by atoms with Gasteiger partial charge >= 0.3 is 0 Å². The molecule has 2 amide bonds. The van der Waals surface area contributed by atoms with Crippen LogP contribution in [0.2, 0.25) is 0 Å². The quantitative estimate of drug-likeness (QED) is 0.591. The highest BCUT2D eigenvalue weighted by Gasteiger charge is 2.07. The van der Waals surface area contributed by atoms with Crippen LogP contribution in [0.5, 0.6) is 5.75 Å². The predicted octanol–water partition coefficient (Wildman–Crippen LogP) is 2.90. The van der Waals surface area contributed by atoms with Crippen molar-refractivity contribution in [3.63, 3.8) is 0 Å². The summed E-state index contributed by atoms with van der Waals surface area (Å²) in [5, 5.41) is 6.55. The molecule has 0 unspecified atom stereocenters. The molecular weight excluding hydrogens is 337 g/mol. The monoisotopic (exact) mass is 357 g/mol. The van der Waals surface area contributed by atoms with Crippen LogP contribution in [-0.2, 0) is 16.0 Å². The molecule has 2 aromatic carbocycles. The number of hydrazone groups is 1. The van der Waals surface area contributed by atoms with Crippen molar-refractivity contribution in [2.45, 2.75) is 19.8 Å². The first-order valence-corrected chi connectivity index (χ1v) is 7.96. The molecule has 2 rings (SSSR count). The van der Waals surface area contributed by atoms with Gasteiger partial charge in [-0.25, -0.2) is 9.82 Å². The molecule has 0 aliphatic carbocycles. The lowest BCUT2D eigenvalue weighted by Crippen LogP contribution is -2.22. The van der Waals surface area contributed by atoms with Crippen molar-refractivity contribution in [3.05, 3.63) is 59.9 Å². The van der Waals surface area contributed by atoms with E-state index >= 15 is 0 Å². The second kappa shape index (κ2) is 9.31. The number of anilines is 1. The van der Waals surface area contributed by atoms with E-state index < -0.39 is 0 Å². The van der Waals surface area contributed by atoms with Gasteiger partial charge in [0.1, 0.15) is 11.6 Å². The van der Waals surface area contributed by atoms with Gasteiger partial charge in [-0.2, -0.15) is 5.10 Å². The molecule has 7 heteroatoms. The molecule has 0 fully saturated rings. The minimum atomic E-state index is -0.375. The highest BCUT2D eigenvalue weighted by Crippen LogP contribution is 2.11. The molecule has 6 nitrogen and oxygen atoms in total. The highest BCUT2D eigenvalue weighted by atomic mass is 19.1. The van der Waals surface area contributed by atoms with Gasteiger partial charge in [-0.15, -0.1) is 0 Å². The molecule has 0 saturated heterocycles. The second-order valence-corrected chi connectivity index (χ2v) is 5.64. The molecule has 2 N–H and O–H groups in total. The Morgan fingerprint density at radius 2 is 1.69 bits per heavy atom. The Kier molecular flexibility index (Phi) is 6.84. The van der Waals surface area contributed by atoms with Crippen molar-refractivity contribution in [1.82, 2.24) is 5.43 Å². The molecule has 0 aromatic heterocycles. The van der Waals surface area contributed by atoms with Crippen LogP contribution < -0.4 is 15.5 Å². The van der Waals surface area contributed by atoms with E-state index in [9.17, 15) is 14.0 Å². The molecule has 0 aliphatic rings. The average Bonchev–Trinajstić information content (AvgIpc) is 2.62. The van der Waals surface area contributed by atoms with Gasteiger partial charge in [0, 0.05) is 11.4 Å². The van der Waals surface area contributed by atoms with Crippen LogP contribution in [0.25, 0.3) is 0 Å². The lowest BCUT2D eigenvalue weighted by atomic mass is 10.1. The molecule has 0 heterocycles. The van der Waals surface area contributed by atoms with E-state index in [0.717, 1.165) is 11.3 Å². The van der Waals surface area contributed by atoms with Gasteiger partial charge < -0.3 is 10.1 Å². The Hall–Kier alpha value is -3.22. The summed E-state index contributed by atoms with van der Waals surface area (Å²) in [4.78, 5) is 23.8. The molecule has 0 atom stereocenters. The fraction of sp³-hybridized carbons (Fsp3) is 0.211. The zero-order valence-electron chi connectivity index (χ0n) is 14.6. The first-order valence-electron chi connectivity index (χ1n) is 7.96. The summed E-state index contributed by atoms with van der Waals surface area (Å²) in [5.41, 5.74) is 4.19. The zero-order chi connectivity index (χ0) is 18.9. The van der Waals surface area contributed by atoms with E-state index in [-0.39, 0.29) is 30.5 Å². The molecule has 0 bridgehead atoms. The number of carbonyl (C=O) groups is 2. The van der Waals surface area contributed by atoms with Gasteiger partial charge in [0.2, 0.25) is 11.8 Å². The van der Waals surface area contributed by atoms with E-state index in [4.69, 9.17) is 4.74 Å². The third-order valence-corrected chi connectivity index (χ3v) is 3.44. The maximum atomic E-state index is 12.8. The van der Waals surface area contributed by atoms with E-state index in [1.54, 1.807) is 38.3 Å². The first kappa shape index (κ1) is 19.1. The third kappa shape index (κ3) is 6.35. The Bertz CT molecular complexity index is 787. The second-order valence-electron chi connectivity index (χ2n) is 5.64. The van der Waals surface area contributed by atoms with Crippen molar-refractivity contribution in [1.29, 1.82) is 0 Å². The van der Waals surface area contributed by atoms with Crippen molar-refractivity contribution in [3.8, 4) is 5.75 Å². The van der Waals surface area contributed by atoms with Gasteiger partial charge in [0.05, 0.1) is 20.0 Å². The lowest BCUT2D eigenvalue weighted by Gasteiger charge is -2.06. The number of rotatable bonds is 7. The van der Waals surface area contributed by atoms with Gasteiger partial charge in [-0.05, 0) is 48.9 Å². The molecule has 0 spiro atoms. The molecular formula is C19H20FN3O3. The third-order valence-electron chi connectivity index (χ3n) is 3.44. The number of methoxy groups -OCH3 is 1. The summed E-state index contributed by atoms with van der Waals surface area (Å²) in [6, 6.07) is 12.6. The predicted molar refractivity (Wildman–Crippen MR) is 97.6 cm³/mol. The fourth-order valence-corrected chi connectivity index (χ4v) is 2.14. The topological polar surface area (TPSA) is 79.8 Å². The first-order chi connectivity index (χ1) is 12.5. The van der Waals surface area contributed by atoms with Crippen LogP contribution in [-0.4, -0.2) is 24.6 Å². The number of amides is 2. The summed E-state index contributed by atoms with van der Waals surface area (Å²) in [6.45, 7) is 1.64. The van der Waals surface area contributed by atoms with E-state index in [1.807, 2.05) is 0 Å². The Balaban J connectivity index is 1.79. The summed E-state index contributed by atoms with van der Waals surface area (Å²) in [6.07, 6.45) is 0.183. The summed E-state index contributed by atoms with van der Waals surface area (Å²) >= 11 is 0. The number of halogens is 1. The average molecular weight is 357 g/mol. The molecule has 26 heavy (non-hydrogen) atoms. The molecule has 0 saturated carbocycles. The largest absolute Gasteiger partial charge is 0.497 e. The standard InChI is InChI=1S/C19H20FN3O3/c1-13(11-18(24)21-16-7-5-15(20)6-8-16)22-23-19(25)12-14-3-9-17(26-2)10-4-14/h3-10H,11-12H2,1-2H3,(H,21,24)(H,23,25). The fourth-order valence-electron chi connectivity index (χ4n) is 2.14. The van der Waals surface area contributed by atoms with Crippen LogP contribution in [0.1, 0.15) is 18.9 Å². The van der Waals surface area contributed by atoms with E-state index in [2.05, 4.69) is 15.8 Å². The van der Waals surface area contributed by atoms with Crippen LogP contribution in [0.3, 0.4) is 0 Å². The van der Waals surface area contributed by atoms with Gasteiger partial charge in [0.15, 0.2) is 0 Å². The maximum Gasteiger partial charge on any atom is 0.244 e. The number of benzene rings is 2. The number of nitrogens with one attached hydrogen (secondary N) is 2. The zero-order valence-corrected chi connectivity index (χ0v) is 14.6. The Morgan fingerprint density at radius 1 is 1.04 bits per heavy atom. The number of nitrogens with zero attached hydrogens (tertiary/aromatic N) is 1. The highest BCUT2D eigenvalue weighted by molar-refractivity contribution is 6.05. The maximum absolute atomic E-state index is 12.8. The van der Waals surface area contributed by atoms with Crippen LogP contribution in [0.4, 0.5) is 10.1 Å². The summed E-state index contributed by atoms with van der Waals surface area (Å²) < 4.78 is 17.9. The normalized spacial score (nSPS) is 11.0. The number of hydrogen-bond acceptors (Lipinski definition) is 4. The van der Waals surface area contributed by atoms with Crippen LogP contribution >= 0.6 is 0 Å². The molecule has 136 valence electrons. The molecule has 2 aromatic rings. The lowest BCUT2D eigenvalue weighted by molar-refractivity contribution is -0.120. The van der Waals surface area contributed by atoms with Crippen LogP contribution in [0, 0.1) is 5.82 Å². The summed E-state index contributed by atoms with van der Waals surface area (Å²) in [5.74, 6) is -0.244. The van der Waals surface area contributed by atoms with E-state index in [0.29, 0.717) is 11.4 Å². The van der Waals surface area contributed by atoms with E-state index in [1.165, 1.54) is 24.3 Å². The Labute approximate surface area is 151 Å². The van der Waals surface area contributed by atoms with Gasteiger partial charge in [-0.3, -0.25) is 9.59 Å². The van der Waals surface area contributed by atoms with Crippen molar-refractivity contribution in [2.75, 3.05) is 12.4 Å². The van der Waals surface area contributed by atoms with Crippen LogP contribution in [0.15, 0.2) is 53.6 Å². The Morgan fingerprint density at radius 3 is 2.31 bits per heavy atom. The SMILES string of the molecule is COc1ccc(CC(=O)NN=C(C)CC(=O)Nc2ccc(F)cc2)cc1.